The number of amides is 2. The van der Waals surface area contributed by atoms with Gasteiger partial charge in [0.05, 0.1) is 21.3 Å². The maximum Gasteiger partial charge on any atom is 0.325 e. The summed E-state index contributed by atoms with van der Waals surface area (Å²) >= 11 is 0. The van der Waals surface area contributed by atoms with E-state index in [1.807, 2.05) is 0 Å². The molecule has 32 heavy (non-hydrogen) atoms. The summed E-state index contributed by atoms with van der Waals surface area (Å²) in [5.41, 5.74) is 0.247. The van der Waals surface area contributed by atoms with Crippen LogP contribution in [-0.4, -0.2) is 50.3 Å². The number of benzene rings is 2. The van der Waals surface area contributed by atoms with Gasteiger partial charge in [0.2, 0.25) is 5.75 Å². The third-order valence-electron chi connectivity index (χ3n) is 4.32. The van der Waals surface area contributed by atoms with Crippen LogP contribution in [-0.2, 0) is 9.59 Å². The molecule has 0 aliphatic carbocycles. The highest BCUT2D eigenvalue weighted by Crippen LogP contribution is 2.38. The first-order valence-electron chi connectivity index (χ1n) is 9.32. The maximum absolute atomic E-state index is 13.2. The van der Waals surface area contributed by atoms with Crippen LogP contribution in [0.25, 0.3) is 6.08 Å². The van der Waals surface area contributed by atoms with Gasteiger partial charge in [0.1, 0.15) is 17.6 Å². The Morgan fingerprint density at radius 3 is 2.03 bits per heavy atom. The molecule has 0 fully saturated rings. The lowest BCUT2D eigenvalue weighted by atomic mass is 10.1. The predicted molar refractivity (Wildman–Crippen MR) is 113 cm³/mol. The highest BCUT2D eigenvalue weighted by atomic mass is 19.1. The van der Waals surface area contributed by atoms with E-state index in [4.69, 9.17) is 19.3 Å². The van der Waals surface area contributed by atoms with Crippen LogP contribution in [0.5, 0.6) is 17.2 Å². The van der Waals surface area contributed by atoms with Crippen LogP contribution in [0.2, 0.25) is 0 Å². The van der Waals surface area contributed by atoms with Crippen molar-refractivity contribution < 1.29 is 38.1 Å². The monoisotopic (exact) mass is 446 g/mol. The predicted octanol–water partition coefficient (Wildman–Crippen LogP) is 2.21. The lowest BCUT2D eigenvalue weighted by molar-refractivity contribution is -0.140. The first-order chi connectivity index (χ1) is 15.2. The first kappa shape index (κ1) is 24.2. The third-order valence-corrected chi connectivity index (χ3v) is 4.32. The van der Waals surface area contributed by atoms with Crippen LogP contribution in [0.15, 0.2) is 42.1 Å². The van der Waals surface area contributed by atoms with Crippen LogP contribution >= 0.6 is 0 Å². The lowest BCUT2D eigenvalue weighted by Crippen LogP contribution is -2.42. The van der Waals surface area contributed by atoms with Crippen molar-refractivity contribution in [1.29, 1.82) is 0 Å². The molecule has 3 N–H and O–H groups in total. The molecule has 0 aliphatic heterocycles. The Morgan fingerprint density at radius 1 is 1.00 bits per heavy atom. The molecular formula is C22H23FN2O7. The SMILES string of the molecule is COc1cc(C(=O)N/C(=C\c2ccc(F)cc2)C(=O)N[C@@H](C)C(=O)O)cc(OC)c1OC. The van der Waals surface area contributed by atoms with Gasteiger partial charge in [-0.2, -0.15) is 0 Å². The van der Waals surface area contributed by atoms with Crippen molar-refractivity contribution in [1.82, 2.24) is 10.6 Å². The van der Waals surface area contributed by atoms with Gasteiger partial charge in [-0.25, -0.2) is 4.39 Å². The molecule has 0 heterocycles. The van der Waals surface area contributed by atoms with E-state index in [0.717, 1.165) is 0 Å². The van der Waals surface area contributed by atoms with Crippen molar-refractivity contribution in [2.24, 2.45) is 0 Å². The summed E-state index contributed by atoms with van der Waals surface area (Å²) < 4.78 is 28.9. The van der Waals surface area contributed by atoms with Gasteiger partial charge >= 0.3 is 5.97 Å². The van der Waals surface area contributed by atoms with E-state index >= 15 is 0 Å². The van der Waals surface area contributed by atoms with E-state index in [-0.39, 0.29) is 28.5 Å². The Hall–Kier alpha value is -4.08. The van der Waals surface area contributed by atoms with E-state index < -0.39 is 29.6 Å². The van der Waals surface area contributed by atoms with Crippen molar-refractivity contribution in [3.05, 3.63) is 59.0 Å². The second-order valence-electron chi connectivity index (χ2n) is 6.51. The van der Waals surface area contributed by atoms with Gasteiger partial charge in [0.25, 0.3) is 11.8 Å². The zero-order valence-corrected chi connectivity index (χ0v) is 17.9. The van der Waals surface area contributed by atoms with Crippen LogP contribution in [0, 0.1) is 5.82 Å². The summed E-state index contributed by atoms with van der Waals surface area (Å²) in [4.78, 5) is 36.6. The van der Waals surface area contributed by atoms with Gasteiger partial charge in [-0.15, -0.1) is 0 Å². The van der Waals surface area contributed by atoms with Crippen LogP contribution in [0.3, 0.4) is 0 Å². The summed E-state index contributed by atoms with van der Waals surface area (Å²) in [6.45, 7) is 1.27. The number of carboxylic acid groups (broad SMARTS) is 1. The zero-order chi connectivity index (χ0) is 23.8. The molecule has 0 spiro atoms. The number of ether oxygens (including phenoxy) is 3. The van der Waals surface area contributed by atoms with E-state index in [0.29, 0.717) is 5.56 Å². The second-order valence-corrected chi connectivity index (χ2v) is 6.51. The molecule has 10 heteroatoms. The van der Waals surface area contributed by atoms with E-state index in [1.165, 1.54) is 70.7 Å². The number of hydrogen-bond acceptors (Lipinski definition) is 6. The number of rotatable bonds is 9. The number of carboxylic acids is 1. The molecule has 0 bridgehead atoms. The van der Waals surface area contributed by atoms with Gasteiger partial charge in [-0.05, 0) is 42.8 Å². The molecule has 0 saturated carbocycles. The molecule has 0 aliphatic rings. The number of methoxy groups -OCH3 is 3. The molecule has 0 unspecified atom stereocenters. The summed E-state index contributed by atoms with van der Waals surface area (Å²) in [5.74, 6) is -2.54. The molecule has 2 aromatic carbocycles. The van der Waals surface area contributed by atoms with E-state index in [1.54, 1.807) is 0 Å². The van der Waals surface area contributed by atoms with Crippen molar-refractivity contribution in [3.63, 3.8) is 0 Å². The van der Waals surface area contributed by atoms with Gasteiger partial charge in [-0.1, -0.05) is 12.1 Å². The standard InChI is InChI=1S/C22H23FN2O7/c1-12(22(28)29)24-21(27)16(9-13-5-7-15(23)8-6-13)25-20(26)14-10-17(30-2)19(32-4)18(11-14)31-3/h5-12H,1-4H3,(H,24,27)(H,25,26)(H,28,29)/b16-9-/t12-/m0/s1. The van der Waals surface area contributed by atoms with Gasteiger partial charge in [0, 0.05) is 5.56 Å². The third kappa shape index (κ3) is 5.97. The Labute approximate surface area is 183 Å². The highest BCUT2D eigenvalue weighted by molar-refractivity contribution is 6.06. The fourth-order valence-electron chi connectivity index (χ4n) is 2.63. The molecular weight excluding hydrogens is 423 g/mol. The quantitative estimate of drug-likeness (QED) is 0.505. The Morgan fingerprint density at radius 2 is 1.56 bits per heavy atom. The molecule has 0 saturated heterocycles. The second kappa shape index (κ2) is 10.8. The van der Waals surface area contributed by atoms with Crippen molar-refractivity contribution >= 4 is 23.9 Å². The average molecular weight is 446 g/mol. The van der Waals surface area contributed by atoms with Gasteiger partial charge in [-0.3, -0.25) is 14.4 Å². The Bertz CT molecular complexity index is 1010. The molecule has 9 nitrogen and oxygen atoms in total. The lowest BCUT2D eigenvalue weighted by Gasteiger charge is -2.16. The number of halogens is 1. The normalized spacial score (nSPS) is 11.8. The fraction of sp³-hybridized carbons (Fsp3) is 0.227. The molecule has 2 amide bonds. The number of carbonyl (C=O) groups is 3. The minimum Gasteiger partial charge on any atom is -0.493 e. The number of nitrogens with one attached hydrogen (secondary N) is 2. The number of hydrogen-bond donors (Lipinski definition) is 3. The van der Waals surface area contributed by atoms with Crippen LogP contribution in [0.1, 0.15) is 22.8 Å². The molecule has 1 atom stereocenters. The van der Waals surface area contributed by atoms with E-state index in [2.05, 4.69) is 10.6 Å². The molecule has 2 aromatic rings. The largest absolute Gasteiger partial charge is 0.493 e. The fourth-order valence-corrected chi connectivity index (χ4v) is 2.63. The van der Waals surface area contributed by atoms with Crippen molar-refractivity contribution in [2.75, 3.05) is 21.3 Å². The minimum absolute atomic E-state index is 0.0867. The zero-order valence-electron chi connectivity index (χ0n) is 17.9. The number of carbonyl (C=O) groups excluding carboxylic acids is 2. The number of aliphatic carboxylic acids is 1. The van der Waals surface area contributed by atoms with Gasteiger partial charge < -0.3 is 30.0 Å². The van der Waals surface area contributed by atoms with Crippen LogP contribution in [0.4, 0.5) is 4.39 Å². The average Bonchev–Trinajstić information content (AvgIpc) is 2.78. The molecule has 0 radical (unpaired) electrons. The smallest absolute Gasteiger partial charge is 0.325 e. The highest BCUT2D eigenvalue weighted by Gasteiger charge is 2.22. The van der Waals surface area contributed by atoms with Crippen LogP contribution < -0.4 is 24.8 Å². The first-order valence-corrected chi connectivity index (χ1v) is 9.32. The topological polar surface area (TPSA) is 123 Å². The van der Waals surface area contributed by atoms with Gasteiger partial charge in [0.15, 0.2) is 11.5 Å². The Kier molecular flexibility index (Phi) is 8.17. The van der Waals surface area contributed by atoms with Crippen molar-refractivity contribution in [2.45, 2.75) is 13.0 Å². The summed E-state index contributed by atoms with van der Waals surface area (Å²) in [6, 6.07) is 6.74. The Balaban J connectivity index is 2.42. The molecule has 2 rings (SSSR count). The summed E-state index contributed by atoms with van der Waals surface area (Å²) in [7, 11) is 4.19. The maximum atomic E-state index is 13.2. The summed E-state index contributed by atoms with van der Waals surface area (Å²) in [6.07, 6.45) is 1.29. The summed E-state index contributed by atoms with van der Waals surface area (Å²) in [5, 5.41) is 13.8. The molecule has 0 aromatic heterocycles. The van der Waals surface area contributed by atoms with E-state index in [9.17, 15) is 18.8 Å². The molecule has 170 valence electrons. The minimum atomic E-state index is -1.25. The van der Waals surface area contributed by atoms with Crippen molar-refractivity contribution in [3.8, 4) is 17.2 Å².